The summed E-state index contributed by atoms with van der Waals surface area (Å²) in [4.78, 5) is 24.5. The number of aliphatic carboxylic acids is 1. The van der Waals surface area contributed by atoms with Crippen molar-refractivity contribution in [2.75, 3.05) is 0 Å². The number of carboxylic acids is 1. The molecule has 0 bridgehead atoms. The van der Waals surface area contributed by atoms with Crippen molar-refractivity contribution in [1.29, 1.82) is 0 Å². The Morgan fingerprint density at radius 3 is 2.58 bits per heavy atom. The third-order valence-electron chi connectivity index (χ3n) is 3.48. The number of carboxylic acid groups (broad SMARTS) is 1. The second kappa shape index (κ2) is 7.39. The molecular formula is C15H18ClN5O3. The quantitative estimate of drug-likeness (QED) is 0.786. The first kappa shape index (κ1) is 17.9. The number of rotatable bonds is 7. The Morgan fingerprint density at radius 1 is 1.33 bits per heavy atom. The first-order chi connectivity index (χ1) is 11.3. The molecule has 1 heterocycles. The van der Waals surface area contributed by atoms with Crippen molar-refractivity contribution in [2.45, 2.75) is 38.8 Å². The van der Waals surface area contributed by atoms with Gasteiger partial charge in [-0.2, -0.15) is 4.80 Å². The van der Waals surface area contributed by atoms with Gasteiger partial charge < -0.3 is 10.4 Å². The van der Waals surface area contributed by atoms with Crippen LogP contribution in [0, 0.1) is 0 Å². The van der Waals surface area contributed by atoms with Crippen LogP contribution in [-0.4, -0.2) is 42.7 Å². The summed E-state index contributed by atoms with van der Waals surface area (Å²) in [6.45, 7) is 3.11. The molecule has 2 rings (SSSR count). The topological polar surface area (TPSA) is 110 Å². The number of nitrogens with zero attached hydrogens (tertiary/aromatic N) is 4. The fraction of sp³-hybridized carbons (Fsp3) is 0.400. The summed E-state index contributed by atoms with van der Waals surface area (Å²) in [6.07, 6.45) is 0.959. The molecule has 0 aliphatic rings. The molecule has 0 aliphatic heterocycles. The van der Waals surface area contributed by atoms with Crippen LogP contribution in [0.15, 0.2) is 24.3 Å². The van der Waals surface area contributed by atoms with Crippen molar-refractivity contribution in [3.63, 3.8) is 0 Å². The molecule has 0 aliphatic carbocycles. The van der Waals surface area contributed by atoms with Gasteiger partial charge in [0, 0.05) is 10.6 Å². The van der Waals surface area contributed by atoms with Gasteiger partial charge in [-0.15, -0.1) is 10.2 Å². The number of carbonyl (C=O) groups is 2. The monoisotopic (exact) mass is 351 g/mol. The Kier molecular flexibility index (Phi) is 5.50. The van der Waals surface area contributed by atoms with Gasteiger partial charge in [0.25, 0.3) is 0 Å². The number of hydrogen-bond acceptors (Lipinski definition) is 5. The minimum absolute atomic E-state index is 0.215. The Balaban J connectivity index is 2.05. The molecule has 0 fully saturated rings. The lowest BCUT2D eigenvalue weighted by molar-refractivity contribution is -0.147. The first-order valence-corrected chi connectivity index (χ1v) is 7.80. The van der Waals surface area contributed by atoms with E-state index in [1.165, 1.54) is 6.92 Å². The summed E-state index contributed by atoms with van der Waals surface area (Å²) in [5, 5.41) is 24.2. The highest BCUT2D eigenvalue weighted by Gasteiger charge is 2.33. The summed E-state index contributed by atoms with van der Waals surface area (Å²) in [6, 6.07) is 6.89. The van der Waals surface area contributed by atoms with E-state index >= 15 is 0 Å². The zero-order valence-electron chi connectivity index (χ0n) is 13.4. The maximum Gasteiger partial charge on any atom is 0.329 e. The molecule has 128 valence electrons. The number of aromatic nitrogens is 4. The standard InChI is InChI=1S/C15H18ClN5O3/c1-3-8-15(2,14(23)24)17-12(22)9-21-19-13(18-20-21)10-4-6-11(16)7-5-10/h4-7H,3,8-9H2,1-2H3,(H,17,22)(H,23,24). The van der Waals surface area contributed by atoms with Crippen LogP contribution in [0.3, 0.4) is 0 Å². The van der Waals surface area contributed by atoms with E-state index < -0.39 is 17.4 Å². The molecule has 1 amide bonds. The summed E-state index contributed by atoms with van der Waals surface area (Å²) in [5.74, 6) is -1.21. The minimum atomic E-state index is -1.31. The molecule has 8 nitrogen and oxygen atoms in total. The van der Waals surface area contributed by atoms with Crippen molar-refractivity contribution in [3.05, 3.63) is 29.3 Å². The average Bonchev–Trinajstić information content (AvgIpc) is 2.96. The van der Waals surface area contributed by atoms with Crippen LogP contribution in [0.5, 0.6) is 0 Å². The summed E-state index contributed by atoms with van der Waals surface area (Å²) in [7, 11) is 0. The second-order valence-electron chi connectivity index (χ2n) is 5.59. The highest BCUT2D eigenvalue weighted by Crippen LogP contribution is 2.17. The molecule has 1 unspecified atom stereocenters. The second-order valence-corrected chi connectivity index (χ2v) is 6.02. The van der Waals surface area contributed by atoms with Gasteiger partial charge in [0.2, 0.25) is 11.7 Å². The molecule has 0 spiro atoms. The highest BCUT2D eigenvalue weighted by molar-refractivity contribution is 6.30. The molecule has 1 aromatic carbocycles. The van der Waals surface area contributed by atoms with Crippen molar-refractivity contribution >= 4 is 23.5 Å². The molecule has 24 heavy (non-hydrogen) atoms. The smallest absolute Gasteiger partial charge is 0.329 e. The Hall–Kier alpha value is -2.48. The average molecular weight is 352 g/mol. The maximum absolute atomic E-state index is 12.1. The van der Waals surface area contributed by atoms with Crippen LogP contribution in [0.4, 0.5) is 0 Å². The third kappa shape index (κ3) is 4.29. The van der Waals surface area contributed by atoms with E-state index in [9.17, 15) is 14.7 Å². The van der Waals surface area contributed by atoms with Crippen LogP contribution in [0.25, 0.3) is 11.4 Å². The van der Waals surface area contributed by atoms with E-state index in [1.54, 1.807) is 24.3 Å². The lowest BCUT2D eigenvalue weighted by Crippen LogP contribution is -2.53. The van der Waals surface area contributed by atoms with E-state index in [0.717, 1.165) is 4.80 Å². The molecule has 2 N–H and O–H groups in total. The fourth-order valence-electron chi connectivity index (χ4n) is 2.22. The first-order valence-electron chi connectivity index (χ1n) is 7.42. The van der Waals surface area contributed by atoms with E-state index in [-0.39, 0.29) is 6.54 Å². The van der Waals surface area contributed by atoms with Gasteiger partial charge in [-0.25, -0.2) is 4.79 Å². The van der Waals surface area contributed by atoms with Gasteiger partial charge in [0.05, 0.1) is 0 Å². The molecule has 0 saturated carbocycles. The van der Waals surface area contributed by atoms with E-state index in [0.29, 0.717) is 29.3 Å². The highest BCUT2D eigenvalue weighted by atomic mass is 35.5. The van der Waals surface area contributed by atoms with Crippen LogP contribution in [0.1, 0.15) is 26.7 Å². The van der Waals surface area contributed by atoms with Gasteiger partial charge in [0.1, 0.15) is 12.1 Å². The Bertz CT molecular complexity index is 731. The number of tetrazole rings is 1. The number of benzene rings is 1. The Labute approximate surface area is 143 Å². The molecular weight excluding hydrogens is 334 g/mol. The molecule has 1 aromatic heterocycles. The van der Waals surface area contributed by atoms with Gasteiger partial charge in [-0.1, -0.05) is 24.9 Å². The zero-order chi connectivity index (χ0) is 17.7. The van der Waals surface area contributed by atoms with E-state index in [2.05, 4.69) is 20.7 Å². The van der Waals surface area contributed by atoms with Crippen molar-refractivity contribution in [3.8, 4) is 11.4 Å². The van der Waals surface area contributed by atoms with Gasteiger partial charge in [-0.3, -0.25) is 4.79 Å². The van der Waals surface area contributed by atoms with Crippen molar-refractivity contribution in [2.24, 2.45) is 0 Å². The maximum atomic E-state index is 12.1. The summed E-state index contributed by atoms with van der Waals surface area (Å²) >= 11 is 5.82. The van der Waals surface area contributed by atoms with Gasteiger partial charge in [0.15, 0.2) is 0 Å². The van der Waals surface area contributed by atoms with E-state index in [4.69, 9.17) is 11.6 Å². The Morgan fingerprint density at radius 2 is 2.00 bits per heavy atom. The number of carbonyl (C=O) groups excluding carboxylic acids is 1. The molecule has 2 aromatic rings. The summed E-state index contributed by atoms with van der Waals surface area (Å²) < 4.78 is 0. The lowest BCUT2D eigenvalue weighted by Gasteiger charge is -2.25. The molecule has 9 heteroatoms. The molecule has 0 saturated heterocycles. The van der Waals surface area contributed by atoms with Crippen LogP contribution in [0.2, 0.25) is 5.02 Å². The van der Waals surface area contributed by atoms with Gasteiger partial charge in [-0.05, 0) is 42.8 Å². The predicted molar refractivity (Wildman–Crippen MR) is 87.4 cm³/mol. The van der Waals surface area contributed by atoms with Crippen molar-refractivity contribution in [1.82, 2.24) is 25.5 Å². The van der Waals surface area contributed by atoms with E-state index in [1.807, 2.05) is 6.92 Å². The minimum Gasteiger partial charge on any atom is -0.480 e. The van der Waals surface area contributed by atoms with Crippen LogP contribution >= 0.6 is 11.6 Å². The predicted octanol–water partition coefficient (Wildman–Crippen LogP) is 1.75. The largest absolute Gasteiger partial charge is 0.480 e. The number of hydrogen-bond donors (Lipinski definition) is 2. The third-order valence-corrected chi connectivity index (χ3v) is 3.73. The van der Waals surface area contributed by atoms with Crippen molar-refractivity contribution < 1.29 is 14.7 Å². The normalized spacial score (nSPS) is 13.3. The van der Waals surface area contributed by atoms with Gasteiger partial charge >= 0.3 is 5.97 Å². The van der Waals surface area contributed by atoms with Crippen LogP contribution in [-0.2, 0) is 16.1 Å². The lowest BCUT2D eigenvalue weighted by atomic mass is 9.96. The zero-order valence-corrected chi connectivity index (χ0v) is 14.1. The van der Waals surface area contributed by atoms with Crippen LogP contribution < -0.4 is 5.32 Å². The fourth-order valence-corrected chi connectivity index (χ4v) is 2.35. The SMILES string of the molecule is CCCC(C)(NC(=O)Cn1nnc(-c2ccc(Cl)cc2)n1)C(=O)O. The number of nitrogens with one attached hydrogen (secondary N) is 1. The molecule has 1 atom stereocenters. The number of halogens is 1. The number of amides is 1. The summed E-state index contributed by atoms with van der Waals surface area (Å²) in [5.41, 5.74) is -0.599. The molecule has 0 radical (unpaired) electrons.